The van der Waals surface area contributed by atoms with Crippen molar-refractivity contribution in [2.75, 3.05) is 0 Å². The van der Waals surface area contributed by atoms with Crippen LogP contribution in [-0.4, -0.2) is 0 Å². The molecule has 0 saturated carbocycles. The minimum atomic E-state index is 1.15. The maximum absolute atomic E-state index is 3.25. The molecule has 0 spiro atoms. The third-order valence-electron chi connectivity index (χ3n) is 2.77. The molecule has 0 aliphatic carbocycles. The largest absolute Gasteiger partial charge is 0.0616 e. The molecular formula is C16H11. The first kappa shape index (κ1) is 9.17. The van der Waals surface area contributed by atoms with E-state index in [2.05, 4.69) is 54.6 Å². The van der Waals surface area contributed by atoms with Crippen LogP contribution in [0.3, 0.4) is 0 Å². The van der Waals surface area contributed by atoms with Crippen LogP contribution in [0.15, 0.2) is 66.7 Å². The molecule has 1 radical (unpaired) electrons. The average Bonchev–Trinajstić information content (AvgIpc) is 2.39. The molecule has 3 rings (SSSR count). The monoisotopic (exact) mass is 203 g/mol. The Bertz CT molecular complexity index is 609. The summed E-state index contributed by atoms with van der Waals surface area (Å²) in [6.07, 6.45) is 0. The van der Waals surface area contributed by atoms with Crippen molar-refractivity contribution in [2.24, 2.45) is 0 Å². The van der Waals surface area contributed by atoms with E-state index in [0.717, 1.165) is 5.56 Å². The second-order valence-electron chi connectivity index (χ2n) is 3.84. The van der Waals surface area contributed by atoms with E-state index in [4.69, 9.17) is 0 Å². The van der Waals surface area contributed by atoms with Gasteiger partial charge in [-0.1, -0.05) is 60.7 Å². The summed E-state index contributed by atoms with van der Waals surface area (Å²) >= 11 is 0. The Kier molecular flexibility index (Phi) is 2.19. The second kappa shape index (κ2) is 3.82. The Morgan fingerprint density at radius 3 is 2.31 bits per heavy atom. The van der Waals surface area contributed by atoms with Crippen molar-refractivity contribution < 1.29 is 0 Å². The molecule has 0 amide bonds. The van der Waals surface area contributed by atoms with Crippen molar-refractivity contribution >= 4 is 10.8 Å². The molecule has 0 aliphatic rings. The van der Waals surface area contributed by atoms with Gasteiger partial charge in [-0.3, -0.25) is 0 Å². The fraction of sp³-hybridized carbons (Fsp3) is 0. The zero-order valence-electron chi connectivity index (χ0n) is 8.85. The summed E-state index contributed by atoms with van der Waals surface area (Å²) in [5, 5.41) is 2.56. The van der Waals surface area contributed by atoms with E-state index >= 15 is 0 Å². The van der Waals surface area contributed by atoms with Crippen molar-refractivity contribution in [1.82, 2.24) is 0 Å². The quantitative estimate of drug-likeness (QED) is 0.553. The SMILES string of the molecule is [c]1ccccc1-c1ccc2ccccc2c1. The normalized spacial score (nSPS) is 10.5. The molecule has 0 fully saturated rings. The van der Waals surface area contributed by atoms with Crippen LogP contribution in [0.25, 0.3) is 21.9 Å². The van der Waals surface area contributed by atoms with Crippen LogP contribution in [0.4, 0.5) is 0 Å². The van der Waals surface area contributed by atoms with Crippen molar-refractivity contribution in [3.8, 4) is 11.1 Å². The molecule has 16 heavy (non-hydrogen) atoms. The van der Waals surface area contributed by atoms with E-state index in [0.29, 0.717) is 0 Å². The predicted molar refractivity (Wildman–Crippen MR) is 68.2 cm³/mol. The lowest BCUT2D eigenvalue weighted by atomic mass is 10.0. The highest BCUT2D eigenvalue weighted by Crippen LogP contribution is 2.23. The Hall–Kier alpha value is -2.08. The summed E-state index contributed by atoms with van der Waals surface area (Å²) in [4.78, 5) is 0. The van der Waals surface area contributed by atoms with Gasteiger partial charge in [-0.05, 0) is 34.0 Å². The highest BCUT2D eigenvalue weighted by Gasteiger charge is 1.98. The molecule has 0 N–H and O–H groups in total. The van der Waals surface area contributed by atoms with Crippen LogP contribution in [0.2, 0.25) is 0 Å². The first-order valence-corrected chi connectivity index (χ1v) is 5.39. The minimum absolute atomic E-state index is 1.15. The van der Waals surface area contributed by atoms with Gasteiger partial charge in [-0.25, -0.2) is 0 Å². The number of hydrogen-bond acceptors (Lipinski definition) is 0. The summed E-state index contributed by atoms with van der Waals surface area (Å²) in [5.74, 6) is 0. The van der Waals surface area contributed by atoms with Crippen LogP contribution >= 0.6 is 0 Å². The first-order chi connectivity index (χ1) is 7.93. The van der Waals surface area contributed by atoms with Gasteiger partial charge in [0.15, 0.2) is 0 Å². The van der Waals surface area contributed by atoms with Gasteiger partial charge in [0, 0.05) is 0 Å². The molecule has 3 aromatic rings. The van der Waals surface area contributed by atoms with Crippen molar-refractivity contribution in [3.63, 3.8) is 0 Å². The zero-order valence-corrected chi connectivity index (χ0v) is 8.85. The second-order valence-corrected chi connectivity index (χ2v) is 3.84. The highest BCUT2D eigenvalue weighted by atomic mass is 14.0. The predicted octanol–water partition coefficient (Wildman–Crippen LogP) is 4.31. The Morgan fingerprint density at radius 1 is 0.688 bits per heavy atom. The number of rotatable bonds is 1. The topological polar surface area (TPSA) is 0 Å². The fourth-order valence-electron chi connectivity index (χ4n) is 1.93. The molecule has 0 aromatic heterocycles. The van der Waals surface area contributed by atoms with Crippen molar-refractivity contribution in [3.05, 3.63) is 72.8 Å². The lowest BCUT2D eigenvalue weighted by molar-refractivity contribution is 1.63. The molecule has 0 aliphatic heterocycles. The van der Waals surface area contributed by atoms with Crippen LogP contribution in [0, 0.1) is 6.07 Å². The van der Waals surface area contributed by atoms with E-state index in [-0.39, 0.29) is 0 Å². The molecule has 0 nitrogen and oxygen atoms in total. The molecule has 0 bridgehead atoms. The lowest BCUT2D eigenvalue weighted by Crippen LogP contribution is -1.78. The minimum Gasteiger partial charge on any atom is -0.0616 e. The molecule has 0 saturated heterocycles. The van der Waals surface area contributed by atoms with Gasteiger partial charge >= 0.3 is 0 Å². The fourth-order valence-corrected chi connectivity index (χ4v) is 1.93. The third-order valence-corrected chi connectivity index (χ3v) is 2.77. The Morgan fingerprint density at radius 2 is 1.50 bits per heavy atom. The van der Waals surface area contributed by atoms with E-state index in [9.17, 15) is 0 Å². The smallest absolute Gasteiger partial charge is 0.00992 e. The first-order valence-electron chi connectivity index (χ1n) is 5.39. The van der Waals surface area contributed by atoms with Gasteiger partial charge in [0.05, 0.1) is 0 Å². The summed E-state index contributed by atoms with van der Waals surface area (Å²) < 4.78 is 0. The van der Waals surface area contributed by atoms with Gasteiger partial charge in [0.25, 0.3) is 0 Å². The van der Waals surface area contributed by atoms with Crippen LogP contribution in [0.5, 0.6) is 0 Å². The van der Waals surface area contributed by atoms with Crippen molar-refractivity contribution in [2.45, 2.75) is 0 Å². The van der Waals surface area contributed by atoms with Gasteiger partial charge in [0.1, 0.15) is 0 Å². The van der Waals surface area contributed by atoms with Gasteiger partial charge in [-0.15, -0.1) is 0 Å². The van der Waals surface area contributed by atoms with E-state index in [1.165, 1.54) is 16.3 Å². The molecule has 3 aromatic carbocycles. The van der Waals surface area contributed by atoms with Crippen LogP contribution in [-0.2, 0) is 0 Å². The third kappa shape index (κ3) is 1.59. The summed E-state index contributed by atoms with van der Waals surface area (Å²) in [5.41, 5.74) is 2.37. The number of fused-ring (bicyclic) bond motifs is 1. The maximum Gasteiger partial charge on any atom is -0.00992 e. The van der Waals surface area contributed by atoms with Crippen LogP contribution < -0.4 is 0 Å². The van der Waals surface area contributed by atoms with E-state index < -0.39 is 0 Å². The molecule has 0 unspecified atom stereocenters. The van der Waals surface area contributed by atoms with E-state index in [1.807, 2.05) is 18.2 Å². The standard InChI is InChI=1S/C16H11/c1-2-6-13(7-3-1)16-11-10-14-8-4-5-9-15(14)12-16/h1-6,8-12H. The summed E-state index contributed by atoms with van der Waals surface area (Å²) in [7, 11) is 0. The highest BCUT2D eigenvalue weighted by molar-refractivity contribution is 5.87. The summed E-state index contributed by atoms with van der Waals surface area (Å²) in [6.45, 7) is 0. The average molecular weight is 203 g/mol. The van der Waals surface area contributed by atoms with E-state index in [1.54, 1.807) is 0 Å². The Labute approximate surface area is 95.2 Å². The summed E-state index contributed by atoms with van der Waals surface area (Å²) in [6, 6.07) is 26.2. The van der Waals surface area contributed by atoms with Gasteiger partial charge < -0.3 is 0 Å². The molecule has 0 heterocycles. The molecular weight excluding hydrogens is 192 g/mol. The molecule has 75 valence electrons. The van der Waals surface area contributed by atoms with Crippen LogP contribution in [0.1, 0.15) is 0 Å². The maximum atomic E-state index is 3.25. The molecule has 0 atom stereocenters. The zero-order chi connectivity index (χ0) is 10.8. The lowest BCUT2D eigenvalue weighted by Gasteiger charge is -2.03. The van der Waals surface area contributed by atoms with Crippen molar-refractivity contribution in [1.29, 1.82) is 0 Å². The Balaban J connectivity index is 2.19. The number of benzene rings is 3. The number of hydrogen-bond donors (Lipinski definition) is 0. The van der Waals surface area contributed by atoms with Gasteiger partial charge in [0.2, 0.25) is 0 Å². The molecule has 0 heteroatoms. The van der Waals surface area contributed by atoms with Gasteiger partial charge in [-0.2, -0.15) is 0 Å².